The van der Waals surface area contributed by atoms with Crippen LogP contribution in [0.4, 0.5) is 0 Å². The van der Waals surface area contributed by atoms with E-state index in [0.717, 1.165) is 6.42 Å². The Balaban J connectivity index is 2.44. The highest BCUT2D eigenvalue weighted by atomic mass is 16.3. The SMILES string of the molecule is CCC(C)NC(=O)Cn1cc(CO)nn1. The Kier molecular flexibility index (Phi) is 4.23. The van der Waals surface area contributed by atoms with Crippen molar-refractivity contribution < 1.29 is 9.90 Å². The van der Waals surface area contributed by atoms with E-state index in [1.165, 1.54) is 4.68 Å². The third-order valence-electron chi connectivity index (χ3n) is 2.07. The molecule has 0 aliphatic rings. The first-order valence-corrected chi connectivity index (χ1v) is 4.95. The first-order valence-electron chi connectivity index (χ1n) is 4.95. The first-order chi connectivity index (χ1) is 7.15. The molecular weight excluding hydrogens is 196 g/mol. The van der Waals surface area contributed by atoms with Crippen molar-refractivity contribution >= 4 is 5.91 Å². The van der Waals surface area contributed by atoms with Crippen LogP contribution in [0.15, 0.2) is 6.20 Å². The van der Waals surface area contributed by atoms with E-state index in [9.17, 15) is 4.79 Å². The second-order valence-corrected chi connectivity index (χ2v) is 3.44. The molecule has 15 heavy (non-hydrogen) atoms. The average molecular weight is 212 g/mol. The van der Waals surface area contributed by atoms with Gasteiger partial charge in [-0.3, -0.25) is 4.79 Å². The number of carbonyl (C=O) groups excluding carboxylic acids is 1. The van der Waals surface area contributed by atoms with E-state index in [-0.39, 0.29) is 25.1 Å². The minimum Gasteiger partial charge on any atom is -0.390 e. The van der Waals surface area contributed by atoms with E-state index < -0.39 is 0 Å². The number of aromatic nitrogens is 3. The molecule has 0 bridgehead atoms. The predicted molar refractivity (Wildman–Crippen MR) is 53.8 cm³/mol. The van der Waals surface area contributed by atoms with Gasteiger partial charge >= 0.3 is 0 Å². The molecule has 0 fully saturated rings. The molecule has 0 radical (unpaired) electrons. The lowest BCUT2D eigenvalue weighted by Crippen LogP contribution is -2.34. The van der Waals surface area contributed by atoms with Crippen LogP contribution in [0.1, 0.15) is 26.0 Å². The third kappa shape index (κ3) is 3.67. The molecule has 0 saturated carbocycles. The summed E-state index contributed by atoms with van der Waals surface area (Å²) in [7, 11) is 0. The standard InChI is InChI=1S/C9H16N4O2/c1-3-7(2)10-9(15)5-13-4-8(6-14)11-12-13/h4,7,14H,3,5-6H2,1-2H3,(H,10,15). The van der Waals surface area contributed by atoms with Gasteiger partial charge in [0.15, 0.2) is 0 Å². The molecule has 0 spiro atoms. The van der Waals surface area contributed by atoms with Crippen molar-refractivity contribution in [2.24, 2.45) is 0 Å². The number of rotatable bonds is 5. The number of nitrogens with zero attached hydrogens (tertiary/aromatic N) is 3. The monoisotopic (exact) mass is 212 g/mol. The Hall–Kier alpha value is -1.43. The lowest BCUT2D eigenvalue weighted by molar-refractivity contribution is -0.122. The molecule has 1 heterocycles. The van der Waals surface area contributed by atoms with Gasteiger partial charge in [0, 0.05) is 6.04 Å². The van der Waals surface area contributed by atoms with Gasteiger partial charge in [0.25, 0.3) is 0 Å². The Morgan fingerprint density at radius 2 is 2.47 bits per heavy atom. The van der Waals surface area contributed by atoms with Crippen LogP contribution in [-0.4, -0.2) is 32.0 Å². The highest BCUT2D eigenvalue weighted by molar-refractivity contribution is 5.75. The van der Waals surface area contributed by atoms with E-state index in [2.05, 4.69) is 15.6 Å². The van der Waals surface area contributed by atoms with Crippen molar-refractivity contribution in [3.63, 3.8) is 0 Å². The van der Waals surface area contributed by atoms with Crippen LogP contribution in [0, 0.1) is 0 Å². The summed E-state index contributed by atoms with van der Waals surface area (Å²) >= 11 is 0. The highest BCUT2D eigenvalue weighted by Gasteiger charge is 2.07. The van der Waals surface area contributed by atoms with Crippen molar-refractivity contribution in [3.05, 3.63) is 11.9 Å². The van der Waals surface area contributed by atoms with Crippen LogP contribution in [-0.2, 0) is 17.9 Å². The van der Waals surface area contributed by atoms with Crippen LogP contribution >= 0.6 is 0 Å². The Labute approximate surface area is 88.3 Å². The van der Waals surface area contributed by atoms with Gasteiger partial charge in [-0.2, -0.15) is 0 Å². The molecule has 1 aromatic rings. The van der Waals surface area contributed by atoms with Crippen LogP contribution < -0.4 is 5.32 Å². The van der Waals surface area contributed by atoms with Crippen molar-refractivity contribution in [1.29, 1.82) is 0 Å². The van der Waals surface area contributed by atoms with Gasteiger partial charge in [0.05, 0.1) is 12.8 Å². The number of hydrogen-bond acceptors (Lipinski definition) is 4. The Morgan fingerprint density at radius 3 is 3.00 bits per heavy atom. The predicted octanol–water partition coefficient (Wildman–Crippen LogP) is -0.315. The number of aliphatic hydroxyl groups excluding tert-OH is 1. The molecule has 0 saturated heterocycles. The fraction of sp³-hybridized carbons (Fsp3) is 0.667. The molecule has 84 valence electrons. The maximum atomic E-state index is 11.4. The van der Waals surface area contributed by atoms with E-state index >= 15 is 0 Å². The molecular formula is C9H16N4O2. The largest absolute Gasteiger partial charge is 0.390 e. The fourth-order valence-corrected chi connectivity index (χ4v) is 1.06. The second-order valence-electron chi connectivity index (χ2n) is 3.44. The summed E-state index contributed by atoms with van der Waals surface area (Å²) in [6.07, 6.45) is 2.45. The maximum Gasteiger partial charge on any atom is 0.242 e. The van der Waals surface area contributed by atoms with Crippen molar-refractivity contribution in [3.8, 4) is 0 Å². The summed E-state index contributed by atoms with van der Waals surface area (Å²) in [6, 6.07) is 0.165. The average Bonchev–Trinajstić information content (AvgIpc) is 2.65. The van der Waals surface area contributed by atoms with Gasteiger partial charge in [0.1, 0.15) is 12.2 Å². The zero-order chi connectivity index (χ0) is 11.3. The van der Waals surface area contributed by atoms with Crippen molar-refractivity contribution in [1.82, 2.24) is 20.3 Å². The molecule has 1 atom stereocenters. The third-order valence-corrected chi connectivity index (χ3v) is 2.07. The minimum atomic E-state index is -0.160. The van der Waals surface area contributed by atoms with Crippen molar-refractivity contribution in [2.75, 3.05) is 0 Å². The molecule has 1 rings (SSSR count). The topological polar surface area (TPSA) is 80.0 Å². The summed E-state index contributed by atoms with van der Waals surface area (Å²) in [6.45, 7) is 3.92. The number of carbonyl (C=O) groups is 1. The van der Waals surface area contributed by atoms with Gasteiger partial charge in [-0.05, 0) is 13.3 Å². The summed E-state index contributed by atoms with van der Waals surface area (Å²) < 4.78 is 1.41. The zero-order valence-electron chi connectivity index (χ0n) is 8.97. The zero-order valence-corrected chi connectivity index (χ0v) is 8.97. The van der Waals surface area contributed by atoms with Crippen LogP contribution in [0.2, 0.25) is 0 Å². The summed E-state index contributed by atoms with van der Waals surface area (Å²) in [5.74, 6) is -0.0984. The molecule has 1 aromatic heterocycles. The quantitative estimate of drug-likeness (QED) is 0.701. The van der Waals surface area contributed by atoms with E-state index in [4.69, 9.17) is 5.11 Å². The smallest absolute Gasteiger partial charge is 0.242 e. The number of nitrogens with one attached hydrogen (secondary N) is 1. The van der Waals surface area contributed by atoms with Crippen LogP contribution in [0.3, 0.4) is 0 Å². The van der Waals surface area contributed by atoms with Crippen LogP contribution in [0.25, 0.3) is 0 Å². The highest BCUT2D eigenvalue weighted by Crippen LogP contribution is 1.93. The number of aliphatic hydroxyl groups is 1. The lowest BCUT2D eigenvalue weighted by atomic mass is 10.2. The van der Waals surface area contributed by atoms with Crippen LogP contribution in [0.5, 0.6) is 0 Å². The lowest BCUT2D eigenvalue weighted by Gasteiger charge is -2.10. The first kappa shape index (κ1) is 11.6. The number of amides is 1. The minimum absolute atomic E-state index is 0.0984. The summed E-state index contributed by atoms with van der Waals surface area (Å²) in [5, 5.41) is 18.9. The van der Waals surface area contributed by atoms with E-state index in [0.29, 0.717) is 5.69 Å². The maximum absolute atomic E-state index is 11.4. The molecule has 0 aromatic carbocycles. The number of hydrogen-bond donors (Lipinski definition) is 2. The fourth-order valence-electron chi connectivity index (χ4n) is 1.06. The normalized spacial score (nSPS) is 12.5. The molecule has 1 amide bonds. The Bertz CT molecular complexity index is 324. The summed E-state index contributed by atoms with van der Waals surface area (Å²) in [5.41, 5.74) is 0.464. The molecule has 1 unspecified atom stereocenters. The Morgan fingerprint density at radius 1 is 1.73 bits per heavy atom. The molecule has 2 N–H and O–H groups in total. The molecule has 6 nitrogen and oxygen atoms in total. The molecule has 6 heteroatoms. The molecule has 0 aliphatic carbocycles. The van der Waals surface area contributed by atoms with Gasteiger partial charge in [0.2, 0.25) is 5.91 Å². The van der Waals surface area contributed by atoms with Crippen molar-refractivity contribution in [2.45, 2.75) is 39.5 Å². The summed E-state index contributed by atoms with van der Waals surface area (Å²) in [4.78, 5) is 11.4. The van der Waals surface area contributed by atoms with Gasteiger partial charge in [-0.25, -0.2) is 4.68 Å². The van der Waals surface area contributed by atoms with E-state index in [1.54, 1.807) is 6.20 Å². The van der Waals surface area contributed by atoms with Gasteiger partial charge in [-0.1, -0.05) is 12.1 Å². The molecule has 0 aliphatic heterocycles. The van der Waals surface area contributed by atoms with E-state index in [1.807, 2.05) is 13.8 Å². The van der Waals surface area contributed by atoms with Gasteiger partial charge in [-0.15, -0.1) is 5.10 Å². The van der Waals surface area contributed by atoms with Gasteiger partial charge < -0.3 is 10.4 Å². The second kappa shape index (κ2) is 5.45.